The smallest absolute Gasteiger partial charge is 0.267 e. The van der Waals surface area contributed by atoms with Crippen LogP contribution >= 0.6 is 11.6 Å². The number of nitro groups is 1. The minimum absolute atomic E-state index is 0.000742. The largest absolute Gasteiger partial charge is 0.272 e. The SMILES string of the molecule is CCc1ccc(/C=N/NC(=O)c2ccc([N+](=O)[O-])cc2Cl)cc1. The number of halogens is 1. The van der Waals surface area contributed by atoms with Gasteiger partial charge >= 0.3 is 0 Å². The third kappa shape index (κ3) is 4.37. The van der Waals surface area contributed by atoms with E-state index < -0.39 is 10.8 Å². The monoisotopic (exact) mass is 331 g/mol. The molecule has 0 spiro atoms. The Kier molecular flexibility index (Phi) is 5.43. The van der Waals surface area contributed by atoms with E-state index in [1.54, 1.807) is 0 Å². The van der Waals surface area contributed by atoms with Crippen molar-refractivity contribution < 1.29 is 9.72 Å². The summed E-state index contributed by atoms with van der Waals surface area (Å²) >= 11 is 5.88. The van der Waals surface area contributed by atoms with Crippen molar-refractivity contribution >= 4 is 29.4 Å². The molecule has 0 aromatic heterocycles. The van der Waals surface area contributed by atoms with E-state index in [2.05, 4.69) is 17.5 Å². The number of carbonyl (C=O) groups is 1. The fraction of sp³-hybridized carbons (Fsp3) is 0.125. The molecule has 6 nitrogen and oxygen atoms in total. The van der Waals surface area contributed by atoms with Crippen molar-refractivity contribution in [1.82, 2.24) is 5.43 Å². The number of aryl methyl sites for hydroxylation is 1. The van der Waals surface area contributed by atoms with Gasteiger partial charge < -0.3 is 0 Å². The highest BCUT2D eigenvalue weighted by molar-refractivity contribution is 6.34. The molecule has 1 N–H and O–H groups in total. The third-order valence-electron chi connectivity index (χ3n) is 3.18. The molecule has 0 aliphatic heterocycles. The van der Waals surface area contributed by atoms with Crippen molar-refractivity contribution in [3.63, 3.8) is 0 Å². The van der Waals surface area contributed by atoms with Crippen LogP contribution in [0.25, 0.3) is 0 Å². The summed E-state index contributed by atoms with van der Waals surface area (Å²) < 4.78 is 0. The lowest BCUT2D eigenvalue weighted by Gasteiger charge is -2.02. The van der Waals surface area contributed by atoms with Gasteiger partial charge in [-0.15, -0.1) is 0 Å². The molecule has 0 heterocycles. The lowest BCUT2D eigenvalue weighted by atomic mass is 10.1. The molecule has 0 fully saturated rings. The lowest BCUT2D eigenvalue weighted by molar-refractivity contribution is -0.384. The molecule has 2 aromatic carbocycles. The standard InChI is InChI=1S/C16H14ClN3O3/c1-2-11-3-5-12(6-4-11)10-18-19-16(21)14-8-7-13(20(22)23)9-15(14)17/h3-10H,2H2,1H3,(H,19,21)/b18-10+. The molecular weight excluding hydrogens is 318 g/mol. The molecule has 23 heavy (non-hydrogen) atoms. The maximum Gasteiger partial charge on any atom is 0.272 e. The normalized spacial score (nSPS) is 10.7. The van der Waals surface area contributed by atoms with Crippen LogP contribution in [0.15, 0.2) is 47.6 Å². The molecule has 0 aliphatic carbocycles. The van der Waals surface area contributed by atoms with Crippen LogP contribution in [0, 0.1) is 10.1 Å². The molecule has 0 unspecified atom stereocenters. The van der Waals surface area contributed by atoms with Gasteiger partial charge in [-0.3, -0.25) is 14.9 Å². The van der Waals surface area contributed by atoms with Crippen molar-refractivity contribution in [3.05, 3.63) is 74.3 Å². The van der Waals surface area contributed by atoms with Gasteiger partial charge in [-0.05, 0) is 23.6 Å². The van der Waals surface area contributed by atoms with Gasteiger partial charge in [0.05, 0.1) is 21.7 Å². The number of rotatable bonds is 5. The molecule has 0 saturated heterocycles. The fourth-order valence-electron chi connectivity index (χ4n) is 1.87. The van der Waals surface area contributed by atoms with Gasteiger partial charge in [0.15, 0.2) is 0 Å². The second-order valence-corrected chi connectivity index (χ2v) is 5.12. The third-order valence-corrected chi connectivity index (χ3v) is 3.49. The molecular formula is C16H14ClN3O3. The number of nitrogens with one attached hydrogen (secondary N) is 1. The minimum Gasteiger partial charge on any atom is -0.267 e. The molecule has 1 amide bonds. The average Bonchev–Trinajstić information content (AvgIpc) is 2.55. The zero-order chi connectivity index (χ0) is 16.8. The molecule has 7 heteroatoms. The van der Waals surface area contributed by atoms with Crippen molar-refractivity contribution in [2.75, 3.05) is 0 Å². The van der Waals surface area contributed by atoms with Crippen LogP contribution < -0.4 is 5.43 Å². The number of nitrogens with zero attached hydrogens (tertiary/aromatic N) is 2. The van der Waals surface area contributed by atoms with Crippen LogP contribution in [0.4, 0.5) is 5.69 Å². The van der Waals surface area contributed by atoms with Crippen molar-refractivity contribution in [2.45, 2.75) is 13.3 Å². The van der Waals surface area contributed by atoms with E-state index in [9.17, 15) is 14.9 Å². The van der Waals surface area contributed by atoms with Gasteiger partial charge in [0, 0.05) is 12.1 Å². The van der Waals surface area contributed by atoms with Crippen molar-refractivity contribution in [1.29, 1.82) is 0 Å². The second-order valence-electron chi connectivity index (χ2n) is 4.72. The number of amides is 1. The summed E-state index contributed by atoms with van der Waals surface area (Å²) in [7, 11) is 0. The van der Waals surface area contributed by atoms with E-state index in [-0.39, 0.29) is 16.3 Å². The lowest BCUT2D eigenvalue weighted by Crippen LogP contribution is -2.18. The summed E-state index contributed by atoms with van der Waals surface area (Å²) in [6.45, 7) is 2.07. The van der Waals surface area contributed by atoms with Crippen molar-refractivity contribution in [3.8, 4) is 0 Å². The first kappa shape index (κ1) is 16.6. The highest BCUT2D eigenvalue weighted by Crippen LogP contribution is 2.22. The van der Waals surface area contributed by atoms with E-state index in [0.29, 0.717) is 0 Å². The van der Waals surface area contributed by atoms with E-state index in [0.717, 1.165) is 18.1 Å². The maximum atomic E-state index is 12.0. The van der Waals surface area contributed by atoms with Crippen LogP contribution in [0.1, 0.15) is 28.4 Å². The summed E-state index contributed by atoms with van der Waals surface area (Å²) in [5.74, 6) is -0.536. The zero-order valence-electron chi connectivity index (χ0n) is 12.3. The second kappa shape index (κ2) is 7.51. The highest BCUT2D eigenvalue weighted by Gasteiger charge is 2.14. The van der Waals surface area contributed by atoms with E-state index in [1.165, 1.54) is 23.9 Å². The number of hydrazone groups is 1. The van der Waals surface area contributed by atoms with E-state index >= 15 is 0 Å². The zero-order valence-corrected chi connectivity index (χ0v) is 13.1. The van der Waals surface area contributed by atoms with Crippen LogP contribution in [-0.4, -0.2) is 17.0 Å². The summed E-state index contributed by atoms with van der Waals surface area (Å²) in [6, 6.07) is 11.4. The van der Waals surface area contributed by atoms with Crippen LogP contribution in [0.5, 0.6) is 0 Å². The molecule has 0 radical (unpaired) electrons. The average molecular weight is 332 g/mol. The van der Waals surface area contributed by atoms with Crippen LogP contribution in [0.2, 0.25) is 5.02 Å². The van der Waals surface area contributed by atoms with Gasteiger partial charge in [-0.25, -0.2) is 5.43 Å². The molecule has 0 atom stereocenters. The minimum atomic E-state index is -0.578. The first-order valence-corrected chi connectivity index (χ1v) is 7.25. The topological polar surface area (TPSA) is 84.6 Å². The molecule has 0 saturated carbocycles. The first-order chi connectivity index (χ1) is 11.0. The Morgan fingerprint density at radius 1 is 1.30 bits per heavy atom. The van der Waals surface area contributed by atoms with Crippen LogP contribution in [0.3, 0.4) is 0 Å². The number of hydrogen-bond donors (Lipinski definition) is 1. The van der Waals surface area contributed by atoms with Crippen LogP contribution in [-0.2, 0) is 6.42 Å². The van der Waals surface area contributed by atoms with E-state index in [4.69, 9.17) is 11.6 Å². The summed E-state index contributed by atoms with van der Waals surface area (Å²) in [5, 5.41) is 14.5. The predicted octanol–water partition coefficient (Wildman–Crippen LogP) is 3.57. The molecule has 0 bridgehead atoms. The highest BCUT2D eigenvalue weighted by atomic mass is 35.5. The predicted molar refractivity (Wildman–Crippen MR) is 89.0 cm³/mol. The van der Waals surface area contributed by atoms with E-state index in [1.807, 2.05) is 24.3 Å². The molecule has 2 rings (SSSR count). The summed E-state index contributed by atoms with van der Waals surface area (Å²) in [5.41, 5.74) is 4.34. The van der Waals surface area contributed by atoms with Gasteiger partial charge in [-0.1, -0.05) is 42.8 Å². The Hall–Kier alpha value is -2.73. The van der Waals surface area contributed by atoms with Gasteiger partial charge in [0.1, 0.15) is 0 Å². The fourth-order valence-corrected chi connectivity index (χ4v) is 2.13. The Bertz CT molecular complexity index is 758. The summed E-state index contributed by atoms with van der Waals surface area (Å²) in [6.07, 6.45) is 2.46. The van der Waals surface area contributed by atoms with Gasteiger partial charge in [0.2, 0.25) is 0 Å². The molecule has 2 aromatic rings. The van der Waals surface area contributed by atoms with Gasteiger partial charge in [0.25, 0.3) is 11.6 Å². The number of nitro benzene ring substituents is 1. The Balaban J connectivity index is 2.04. The Morgan fingerprint density at radius 3 is 2.57 bits per heavy atom. The Morgan fingerprint density at radius 2 is 2.00 bits per heavy atom. The number of hydrogen-bond acceptors (Lipinski definition) is 4. The first-order valence-electron chi connectivity index (χ1n) is 6.87. The number of benzene rings is 2. The quantitative estimate of drug-likeness (QED) is 0.516. The maximum absolute atomic E-state index is 12.0. The number of carbonyl (C=O) groups excluding carboxylic acids is 1. The van der Waals surface area contributed by atoms with Gasteiger partial charge in [-0.2, -0.15) is 5.10 Å². The molecule has 118 valence electrons. The Labute approximate surface area is 137 Å². The summed E-state index contributed by atoms with van der Waals surface area (Å²) in [4.78, 5) is 22.0. The molecule has 0 aliphatic rings. The number of non-ortho nitro benzene ring substituents is 1. The van der Waals surface area contributed by atoms with Crippen molar-refractivity contribution in [2.24, 2.45) is 5.10 Å².